The molecule has 4 nitrogen and oxygen atoms in total. The summed E-state index contributed by atoms with van der Waals surface area (Å²) in [5.41, 5.74) is 0. The van der Waals surface area contributed by atoms with Gasteiger partial charge < -0.3 is 20.3 Å². The van der Waals surface area contributed by atoms with Crippen LogP contribution in [0, 0.1) is 0 Å². The molecule has 4 heteroatoms. The number of aliphatic hydroxyl groups is 2. The highest BCUT2D eigenvalue weighted by Gasteiger charge is 2.24. The highest BCUT2D eigenvalue weighted by molar-refractivity contribution is 4.83. The fourth-order valence-electron chi connectivity index (χ4n) is 1.96. The molecule has 14 heavy (non-hydrogen) atoms. The molecule has 1 rings (SSSR count). The summed E-state index contributed by atoms with van der Waals surface area (Å²) in [4.78, 5) is 0. The second kappa shape index (κ2) is 6.35. The molecule has 0 aromatic carbocycles. The van der Waals surface area contributed by atoms with Crippen molar-refractivity contribution in [1.82, 2.24) is 5.32 Å². The van der Waals surface area contributed by atoms with Crippen LogP contribution in [0.25, 0.3) is 0 Å². The Labute approximate surface area is 85.3 Å². The molecule has 1 aliphatic rings. The smallest absolute Gasteiger partial charge is 0.0693 e. The van der Waals surface area contributed by atoms with E-state index in [9.17, 15) is 5.11 Å². The van der Waals surface area contributed by atoms with Crippen LogP contribution in [0.3, 0.4) is 0 Å². The van der Waals surface area contributed by atoms with Crippen molar-refractivity contribution in [3.05, 3.63) is 0 Å². The predicted molar refractivity (Wildman–Crippen MR) is 54.1 cm³/mol. The average Bonchev–Trinajstić information content (AvgIpc) is 2.20. The van der Waals surface area contributed by atoms with Crippen molar-refractivity contribution in [3.8, 4) is 0 Å². The molecule has 0 spiro atoms. The maximum atomic E-state index is 9.70. The fourth-order valence-corrected chi connectivity index (χ4v) is 1.96. The Morgan fingerprint density at radius 1 is 1.43 bits per heavy atom. The number of aliphatic hydroxyl groups excluding tert-OH is 2. The molecule has 1 saturated carbocycles. The first-order chi connectivity index (χ1) is 6.77. The molecule has 3 atom stereocenters. The number of hydrogen-bond acceptors (Lipinski definition) is 4. The fraction of sp³-hybridized carbons (Fsp3) is 1.00. The number of rotatable bonds is 5. The highest BCUT2D eigenvalue weighted by Crippen LogP contribution is 2.18. The maximum absolute atomic E-state index is 9.70. The number of hydrogen-bond donors (Lipinski definition) is 3. The molecule has 84 valence electrons. The van der Waals surface area contributed by atoms with E-state index in [0.717, 1.165) is 25.7 Å². The third kappa shape index (κ3) is 3.53. The summed E-state index contributed by atoms with van der Waals surface area (Å²) in [6.45, 7) is 0.538. The quantitative estimate of drug-likeness (QED) is 0.583. The van der Waals surface area contributed by atoms with Gasteiger partial charge in [0.2, 0.25) is 0 Å². The first kappa shape index (κ1) is 11.9. The second-order valence-corrected chi connectivity index (χ2v) is 3.96. The lowest BCUT2D eigenvalue weighted by atomic mass is 9.92. The third-order valence-corrected chi connectivity index (χ3v) is 2.77. The van der Waals surface area contributed by atoms with Crippen LogP contribution >= 0.6 is 0 Å². The Balaban J connectivity index is 2.31. The molecule has 0 heterocycles. The molecule has 0 bridgehead atoms. The Bertz CT molecular complexity index is 154. The van der Waals surface area contributed by atoms with Crippen LogP contribution in [0.2, 0.25) is 0 Å². The van der Waals surface area contributed by atoms with Crippen LogP contribution < -0.4 is 5.32 Å². The molecule has 1 unspecified atom stereocenters. The average molecular weight is 203 g/mol. The van der Waals surface area contributed by atoms with Crippen molar-refractivity contribution >= 4 is 0 Å². The Morgan fingerprint density at radius 2 is 2.14 bits per heavy atom. The Hall–Kier alpha value is -0.160. The van der Waals surface area contributed by atoms with E-state index < -0.39 is 0 Å². The van der Waals surface area contributed by atoms with E-state index in [1.54, 1.807) is 7.11 Å². The van der Waals surface area contributed by atoms with E-state index in [2.05, 4.69) is 5.32 Å². The minimum atomic E-state index is -0.269. The molecule has 1 fully saturated rings. The molecule has 0 aromatic rings. The van der Waals surface area contributed by atoms with Gasteiger partial charge in [0, 0.05) is 13.2 Å². The maximum Gasteiger partial charge on any atom is 0.0693 e. The van der Waals surface area contributed by atoms with Crippen LogP contribution in [0.15, 0.2) is 0 Å². The van der Waals surface area contributed by atoms with Gasteiger partial charge in [0.15, 0.2) is 0 Å². The first-order valence-corrected chi connectivity index (χ1v) is 5.32. The lowest BCUT2D eigenvalue weighted by Gasteiger charge is -2.31. The van der Waals surface area contributed by atoms with Crippen LogP contribution in [0.4, 0.5) is 0 Å². The number of methoxy groups -OCH3 is 1. The molecule has 0 aromatic heterocycles. The third-order valence-electron chi connectivity index (χ3n) is 2.77. The van der Waals surface area contributed by atoms with Gasteiger partial charge >= 0.3 is 0 Å². The monoisotopic (exact) mass is 203 g/mol. The Morgan fingerprint density at radius 3 is 2.71 bits per heavy atom. The van der Waals surface area contributed by atoms with Gasteiger partial charge in [0.25, 0.3) is 0 Å². The van der Waals surface area contributed by atoms with Crippen molar-refractivity contribution in [2.75, 3.05) is 20.3 Å². The summed E-state index contributed by atoms with van der Waals surface area (Å²) >= 11 is 0. The van der Waals surface area contributed by atoms with Gasteiger partial charge in [-0.05, 0) is 12.8 Å². The van der Waals surface area contributed by atoms with Crippen molar-refractivity contribution < 1.29 is 14.9 Å². The molecule has 1 aliphatic carbocycles. The molecule has 0 saturated heterocycles. The molecular formula is C10H21NO3. The van der Waals surface area contributed by atoms with Crippen LogP contribution in [-0.2, 0) is 4.74 Å². The largest absolute Gasteiger partial charge is 0.395 e. The summed E-state index contributed by atoms with van der Waals surface area (Å²) in [7, 11) is 1.61. The van der Waals surface area contributed by atoms with Gasteiger partial charge in [-0.25, -0.2) is 0 Å². The highest BCUT2D eigenvalue weighted by atomic mass is 16.5. The van der Waals surface area contributed by atoms with E-state index in [1.807, 2.05) is 0 Å². The standard InChI is InChI=1S/C10H21NO3/c1-14-7-8(6-12)11-9-4-2-3-5-10(9)13/h8-13H,2-7H2,1H3/t8?,9-,10-/m1/s1. The summed E-state index contributed by atoms with van der Waals surface area (Å²) in [6.07, 6.45) is 3.84. The minimum Gasteiger partial charge on any atom is -0.395 e. The lowest BCUT2D eigenvalue weighted by molar-refractivity contribution is 0.0611. The zero-order chi connectivity index (χ0) is 10.4. The molecule has 0 radical (unpaired) electrons. The van der Waals surface area contributed by atoms with Gasteiger partial charge in [0.05, 0.1) is 25.4 Å². The predicted octanol–water partition coefficient (Wildman–Crippen LogP) is -0.113. The van der Waals surface area contributed by atoms with E-state index in [-0.39, 0.29) is 24.8 Å². The molecular weight excluding hydrogens is 182 g/mol. The second-order valence-electron chi connectivity index (χ2n) is 3.96. The Kier molecular flexibility index (Phi) is 5.40. The normalized spacial score (nSPS) is 30.2. The topological polar surface area (TPSA) is 61.7 Å². The van der Waals surface area contributed by atoms with E-state index in [1.165, 1.54) is 0 Å². The van der Waals surface area contributed by atoms with E-state index in [0.29, 0.717) is 6.61 Å². The lowest BCUT2D eigenvalue weighted by Crippen LogP contribution is -2.49. The van der Waals surface area contributed by atoms with Crippen LogP contribution in [0.5, 0.6) is 0 Å². The van der Waals surface area contributed by atoms with Gasteiger partial charge in [0.1, 0.15) is 0 Å². The van der Waals surface area contributed by atoms with Crippen LogP contribution in [-0.4, -0.2) is 48.7 Å². The van der Waals surface area contributed by atoms with Crippen molar-refractivity contribution in [2.45, 2.75) is 43.9 Å². The summed E-state index contributed by atoms with van der Waals surface area (Å²) in [5, 5.41) is 22.0. The molecule has 3 N–H and O–H groups in total. The summed E-state index contributed by atoms with van der Waals surface area (Å²) < 4.78 is 4.97. The van der Waals surface area contributed by atoms with E-state index in [4.69, 9.17) is 9.84 Å². The summed E-state index contributed by atoms with van der Waals surface area (Å²) in [6, 6.07) is 0.0637. The summed E-state index contributed by atoms with van der Waals surface area (Å²) in [5.74, 6) is 0. The van der Waals surface area contributed by atoms with Gasteiger partial charge in [-0.15, -0.1) is 0 Å². The van der Waals surface area contributed by atoms with Gasteiger partial charge in [-0.1, -0.05) is 12.8 Å². The SMILES string of the molecule is COCC(CO)N[C@@H]1CCCC[C@H]1O. The van der Waals surface area contributed by atoms with Crippen molar-refractivity contribution in [3.63, 3.8) is 0 Å². The zero-order valence-corrected chi connectivity index (χ0v) is 8.78. The molecule has 0 aliphatic heterocycles. The van der Waals surface area contributed by atoms with Gasteiger partial charge in [-0.2, -0.15) is 0 Å². The number of ether oxygens (including phenoxy) is 1. The van der Waals surface area contributed by atoms with E-state index >= 15 is 0 Å². The minimum absolute atomic E-state index is 0.0526. The number of nitrogens with one attached hydrogen (secondary N) is 1. The van der Waals surface area contributed by atoms with Crippen molar-refractivity contribution in [1.29, 1.82) is 0 Å². The zero-order valence-electron chi connectivity index (χ0n) is 8.78. The van der Waals surface area contributed by atoms with Crippen molar-refractivity contribution in [2.24, 2.45) is 0 Å². The first-order valence-electron chi connectivity index (χ1n) is 5.32. The van der Waals surface area contributed by atoms with Crippen LogP contribution in [0.1, 0.15) is 25.7 Å². The molecule has 0 amide bonds. The van der Waals surface area contributed by atoms with Gasteiger partial charge in [-0.3, -0.25) is 0 Å².